The van der Waals surface area contributed by atoms with Crippen molar-refractivity contribution in [3.05, 3.63) is 6.04 Å². The van der Waals surface area contributed by atoms with Crippen LogP contribution in [0.4, 0.5) is 0 Å². The molecular formula is C5H7N2. The van der Waals surface area contributed by atoms with Crippen LogP contribution in [-0.2, 0) is 0 Å². The summed E-state index contributed by atoms with van der Waals surface area (Å²) in [6.45, 7) is 1.03. The van der Waals surface area contributed by atoms with Crippen LogP contribution in [0.2, 0.25) is 0 Å². The molecule has 1 N–H and O–H groups in total. The van der Waals surface area contributed by atoms with Gasteiger partial charge < -0.3 is 5.32 Å². The molecule has 0 aromatic heterocycles. The zero-order valence-corrected chi connectivity index (χ0v) is 4.02. The third kappa shape index (κ3) is 0.399. The number of rotatable bonds is 0. The molecule has 0 aliphatic carbocycles. The summed E-state index contributed by atoms with van der Waals surface area (Å²) >= 11 is 0. The number of aliphatic imine (C=N–C) groups is 1. The SMILES string of the molecule is C1=N[C]2CNC1C2. The Morgan fingerprint density at radius 1 is 1.86 bits per heavy atom. The smallest absolute Gasteiger partial charge is 0.101 e. The van der Waals surface area contributed by atoms with E-state index in [2.05, 4.69) is 10.3 Å². The second-order valence-corrected chi connectivity index (χ2v) is 2.04. The topological polar surface area (TPSA) is 24.4 Å². The van der Waals surface area contributed by atoms with Crippen molar-refractivity contribution in [3.63, 3.8) is 0 Å². The average Bonchev–Trinajstić information content (AvgIpc) is 2.22. The lowest BCUT2D eigenvalue weighted by atomic mass is 10.2. The predicted octanol–water partition coefficient (Wildman–Crippen LogP) is -0.0353. The fourth-order valence-electron chi connectivity index (χ4n) is 1.05. The molecule has 0 amide bonds. The van der Waals surface area contributed by atoms with E-state index >= 15 is 0 Å². The Hall–Kier alpha value is -0.370. The monoisotopic (exact) mass is 95.1 g/mol. The summed E-state index contributed by atoms with van der Waals surface area (Å²) in [5.41, 5.74) is 0. The fraction of sp³-hybridized carbons (Fsp3) is 0.600. The van der Waals surface area contributed by atoms with E-state index in [-0.39, 0.29) is 0 Å². The molecule has 0 aromatic carbocycles. The van der Waals surface area contributed by atoms with Crippen molar-refractivity contribution in [1.29, 1.82) is 0 Å². The molecule has 0 spiro atoms. The van der Waals surface area contributed by atoms with Crippen molar-refractivity contribution in [2.75, 3.05) is 6.54 Å². The summed E-state index contributed by atoms with van der Waals surface area (Å²) in [7, 11) is 0. The summed E-state index contributed by atoms with van der Waals surface area (Å²) in [6, 6.07) is 1.92. The van der Waals surface area contributed by atoms with Gasteiger partial charge in [-0.1, -0.05) is 0 Å². The minimum Gasteiger partial charge on any atom is -0.307 e. The lowest BCUT2D eigenvalue weighted by Gasteiger charge is -1.99. The molecule has 7 heavy (non-hydrogen) atoms. The molecule has 2 aliphatic rings. The van der Waals surface area contributed by atoms with E-state index in [0.717, 1.165) is 6.54 Å². The maximum atomic E-state index is 4.13. The highest BCUT2D eigenvalue weighted by atomic mass is 15.1. The molecule has 1 unspecified atom stereocenters. The lowest BCUT2D eigenvalue weighted by Crippen LogP contribution is -2.23. The summed E-state index contributed by atoms with van der Waals surface area (Å²) in [5.74, 6) is 0. The summed E-state index contributed by atoms with van der Waals surface area (Å²) in [5, 5.41) is 3.27. The van der Waals surface area contributed by atoms with Gasteiger partial charge in [-0.25, -0.2) is 0 Å². The van der Waals surface area contributed by atoms with Crippen LogP contribution in [0.15, 0.2) is 4.99 Å². The summed E-state index contributed by atoms with van der Waals surface area (Å²) < 4.78 is 0. The Bertz CT molecular complexity index is 96.6. The first kappa shape index (κ1) is 3.61. The van der Waals surface area contributed by atoms with E-state index < -0.39 is 0 Å². The number of fused-ring (bicyclic) bond motifs is 2. The molecule has 37 valence electrons. The number of nitrogens with zero attached hydrogens (tertiary/aromatic N) is 1. The number of hydrogen-bond acceptors (Lipinski definition) is 2. The van der Waals surface area contributed by atoms with Crippen LogP contribution in [0.3, 0.4) is 0 Å². The molecule has 2 nitrogen and oxygen atoms in total. The van der Waals surface area contributed by atoms with Crippen molar-refractivity contribution in [1.82, 2.24) is 5.32 Å². The Morgan fingerprint density at radius 3 is 3.00 bits per heavy atom. The van der Waals surface area contributed by atoms with Crippen LogP contribution < -0.4 is 5.32 Å². The lowest BCUT2D eigenvalue weighted by molar-refractivity contribution is 0.770. The third-order valence-electron chi connectivity index (χ3n) is 1.46. The maximum Gasteiger partial charge on any atom is 0.101 e. The van der Waals surface area contributed by atoms with Crippen LogP contribution in [0, 0.1) is 6.04 Å². The first-order chi connectivity index (χ1) is 3.45. The van der Waals surface area contributed by atoms with E-state index in [9.17, 15) is 0 Å². The zero-order valence-electron chi connectivity index (χ0n) is 4.02. The fourth-order valence-corrected chi connectivity index (χ4v) is 1.05. The Kier molecular flexibility index (Phi) is 0.551. The van der Waals surface area contributed by atoms with Crippen LogP contribution in [0.25, 0.3) is 0 Å². The van der Waals surface area contributed by atoms with Gasteiger partial charge in [-0.15, -0.1) is 0 Å². The maximum absolute atomic E-state index is 4.13. The van der Waals surface area contributed by atoms with Crippen LogP contribution in [0.5, 0.6) is 0 Å². The third-order valence-corrected chi connectivity index (χ3v) is 1.46. The predicted molar refractivity (Wildman–Crippen MR) is 28.1 cm³/mol. The minimum atomic E-state index is 0.593. The molecule has 1 saturated heterocycles. The minimum absolute atomic E-state index is 0.593. The molecule has 0 aromatic rings. The molecule has 1 radical (unpaired) electrons. The average molecular weight is 95.1 g/mol. The number of nitrogens with one attached hydrogen (secondary N) is 1. The van der Waals surface area contributed by atoms with E-state index in [1.54, 1.807) is 0 Å². The van der Waals surface area contributed by atoms with E-state index in [4.69, 9.17) is 0 Å². The molecule has 1 atom stereocenters. The van der Waals surface area contributed by atoms with Gasteiger partial charge in [-0.3, -0.25) is 4.99 Å². The summed E-state index contributed by atoms with van der Waals surface area (Å²) in [6.07, 6.45) is 3.15. The normalized spacial score (nSPS) is 38.0. The quantitative estimate of drug-likeness (QED) is 0.448. The first-order valence-electron chi connectivity index (χ1n) is 2.57. The summed E-state index contributed by atoms with van der Waals surface area (Å²) in [4.78, 5) is 4.13. The van der Waals surface area contributed by atoms with Crippen molar-refractivity contribution >= 4 is 6.21 Å². The second kappa shape index (κ2) is 1.07. The van der Waals surface area contributed by atoms with Gasteiger partial charge in [0.05, 0.1) is 0 Å². The first-order valence-corrected chi connectivity index (χ1v) is 2.57. The second-order valence-electron chi connectivity index (χ2n) is 2.04. The molecule has 2 heteroatoms. The Labute approximate surface area is 42.6 Å². The molecule has 2 heterocycles. The standard InChI is InChI=1S/C5H7N2/c1-4-2-6-5(1)3-7-4/h2,4,7H,1,3H2. The highest BCUT2D eigenvalue weighted by Gasteiger charge is 2.27. The molecular weight excluding hydrogens is 88.1 g/mol. The highest BCUT2D eigenvalue weighted by molar-refractivity contribution is 5.70. The van der Waals surface area contributed by atoms with Gasteiger partial charge in [0.2, 0.25) is 0 Å². The van der Waals surface area contributed by atoms with Gasteiger partial charge in [-0.2, -0.15) is 0 Å². The number of hydrogen-bond donors (Lipinski definition) is 1. The van der Waals surface area contributed by atoms with Gasteiger partial charge in [0.1, 0.15) is 6.04 Å². The van der Waals surface area contributed by atoms with Gasteiger partial charge in [0, 0.05) is 18.8 Å². The van der Waals surface area contributed by atoms with Gasteiger partial charge in [0.25, 0.3) is 0 Å². The molecule has 1 fully saturated rings. The molecule has 0 saturated carbocycles. The zero-order chi connectivity index (χ0) is 4.69. The Morgan fingerprint density at radius 2 is 2.86 bits per heavy atom. The molecule has 2 bridgehead atoms. The van der Waals surface area contributed by atoms with Gasteiger partial charge in [-0.05, 0) is 6.42 Å². The van der Waals surface area contributed by atoms with Crippen molar-refractivity contribution in [2.24, 2.45) is 4.99 Å². The van der Waals surface area contributed by atoms with Gasteiger partial charge >= 0.3 is 0 Å². The van der Waals surface area contributed by atoms with Crippen molar-refractivity contribution in [3.8, 4) is 0 Å². The van der Waals surface area contributed by atoms with Gasteiger partial charge in [0.15, 0.2) is 0 Å². The Balaban J connectivity index is 2.27. The van der Waals surface area contributed by atoms with Crippen LogP contribution >= 0.6 is 0 Å². The van der Waals surface area contributed by atoms with Crippen molar-refractivity contribution < 1.29 is 0 Å². The highest BCUT2D eigenvalue weighted by Crippen LogP contribution is 2.21. The van der Waals surface area contributed by atoms with Crippen LogP contribution in [0.1, 0.15) is 6.42 Å². The molecule has 2 rings (SSSR count). The van der Waals surface area contributed by atoms with Crippen molar-refractivity contribution in [2.45, 2.75) is 12.5 Å². The van der Waals surface area contributed by atoms with Crippen LogP contribution in [-0.4, -0.2) is 18.8 Å². The van der Waals surface area contributed by atoms with E-state index in [1.807, 2.05) is 6.21 Å². The molecule has 2 aliphatic heterocycles. The van der Waals surface area contributed by atoms with E-state index in [1.165, 1.54) is 12.5 Å². The largest absolute Gasteiger partial charge is 0.307 e. The van der Waals surface area contributed by atoms with E-state index in [0.29, 0.717) is 6.04 Å².